The zero-order chi connectivity index (χ0) is 19.3. The van der Waals surface area contributed by atoms with Gasteiger partial charge in [0.2, 0.25) is 0 Å². The van der Waals surface area contributed by atoms with Gasteiger partial charge in [-0.1, -0.05) is 24.3 Å². The maximum Gasteiger partial charge on any atom is 0.254 e. The largest absolute Gasteiger partial charge is 0.327 e. The molecule has 3 nitrogen and oxygen atoms in total. The molecule has 1 unspecified atom stereocenters. The van der Waals surface area contributed by atoms with Crippen molar-refractivity contribution in [1.82, 2.24) is 4.90 Å². The van der Waals surface area contributed by atoms with Crippen molar-refractivity contribution >= 4 is 23.0 Å². The second-order valence-corrected chi connectivity index (χ2v) is 8.35. The lowest BCUT2D eigenvalue weighted by Gasteiger charge is -2.36. The number of amides is 1. The monoisotopic (exact) mass is 391 g/mol. The fraction of sp³-hybridized carbons (Fsp3) is 0.217. The van der Waals surface area contributed by atoms with Crippen molar-refractivity contribution in [3.63, 3.8) is 0 Å². The maximum atomic E-state index is 13.3. The van der Waals surface area contributed by atoms with E-state index in [4.69, 9.17) is 0 Å². The van der Waals surface area contributed by atoms with Crippen LogP contribution in [0.4, 0.5) is 4.39 Å². The molecule has 1 amide bonds. The third kappa shape index (κ3) is 2.96. The number of thiophene rings is 1. The van der Waals surface area contributed by atoms with Crippen LogP contribution in [0, 0.1) is 5.82 Å². The number of carbonyl (C=O) groups is 2. The Morgan fingerprint density at radius 1 is 1.00 bits per heavy atom. The van der Waals surface area contributed by atoms with Gasteiger partial charge in [0.25, 0.3) is 5.91 Å². The van der Waals surface area contributed by atoms with E-state index in [1.165, 1.54) is 17.0 Å². The van der Waals surface area contributed by atoms with Crippen molar-refractivity contribution < 1.29 is 14.0 Å². The van der Waals surface area contributed by atoms with Crippen molar-refractivity contribution in [2.24, 2.45) is 0 Å². The van der Waals surface area contributed by atoms with E-state index in [1.807, 2.05) is 29.2 Å². The molecule has 0 radical (unpaired) electrons. The van der Waals surface area contributed by atoms with Crippen LogP contribution in [0.5, 0.6) is 0 Å². The number of hydrogen-bond donors (Lipinski definition) is 0. The number of carbonyl (C=O) groups excluding carboxylic acids is 2. The van der Waals surface area contributed by atoms with E-state index in [2.05, 4.69) is 11.4 Å². The minimum Gasteiger partial charge on any atom is -0.327 e. The summed E-state index contributed by atoms with van der Waals surface area (Å²) in [7, 11) is 0. The highest BCUT2D eigenvalue weighted by Gasteiger charge is 2.37. The predicted octanol–water partition coefficient (Wildman–Crippen LogP) is 4.73. The Balaban J connectivity index is 1.52. The molecule has 1 saturated carbocycles. The average molecular weight is 391 g/mol. The van der Waals surface area contributed by atoms with E-state index in [0.29, 0.717) is 24.3 Å². The molecule has 0 bridgehead atoms. The Morgan fingerprint density at radius 3 is 2.36 bits per heavy atom. The number of halogens is 1. The minimum absolute atomic E-state index is 0.0501. The molecule has 140 valence electrons. The van der Waals surface area contributed by atoms with E-state index in [0.717, 1.165) is 23.1 Å². The maximum absolute atomic E-state index is 13.3. The Morgan fingerprint density at radius 2 is 1.68 bits per heavy atom. The van der Waals surface area contributed by atoms with E-state index < -0.39 is 0 Å². The molecule has 1 aliphatic carbocycles. The molecule has 2 heterocycles. The summed E-state index contributed by atoms with van der Waals surface area (Å²) in [6.45, 7) is 0.622. The van der Waals surface area contributed by atoms with Gasteiger partial charge < -0.3 is 4.90 Å². The summed E-state index contributed by atoms with van der Waals surface area (Å²) in [5.74, 6) is -0.104. The van der Waals surface area contributed by atoms with Crippen molar-refractivity contribution in [1.29, 1.82) is 0 Å². The molecule has 2 aromatic carbocycles. The van der Waals surface area contributed by atoms with E-state index in [9.17, 15) is 14.0 Å². The van der Waals surface area contributed by atoms with Crippen LogP contribution in [-0.2, 0) is 11.2 Å². The van der Waals surface area contributed by atoms with Crippen molar-refractivity contribution in [3.05, 3.63) is 92.9 Å². The topological polar surface area (TPSA) is 37.4 Å². The third-order valence-electron chi connectivity index (χ3n) is 5.61. The van der Waals surface area contributed by atoms with Gasteiger partial charge in [0, 0.05) is 29.3 Å². The fourth-order valence-electron chi connectivity index (χ4n) is 4.01. The number of fused-ring (bicyclic) bond motifs is 1. The van der Waals surface area contributed by atoms with Gasteiger partial charge in [-0.25, -0.2) is 4.39 Å². The minimum atomic E-state index is -0.350. The molecule has 5 rings (SSSR count). The summed E-state index contributed by atoms with van der Waals surface area (Å²) in [4.78, 5) is 27.8. The van der Waals surface area contributed by atoms with Gasteiger partial charge in [0.15, 0.2) is 0 Å². The highest BCUT2D eigenvalue weighted by atomic mass is 32.1. The summed E-state index contributed by atoms with van der Waals surface area (Å²) in [5, 5.41) is 2.07. The first kappa shape index (κ1) is 17.3. The highest BCUT2D eigenvalue weighted by molar-refractivity contribution is 7.10. The number of nitrogens with zero attached hydrogens (tertiary/aromatic N) is 1. The molecule has 3 aromatic rings. The van der Waals surface area contributed by atoms with Crippen LogP contribution in [0.3, 0.4) is 0 Å². The summed E-state index contributed by atoms with van der Waals surface area (Å²) >= 11 is 1.72. The number of Topliss-reactive ketones (excluding diaryl/α,β-unsaturated/α-hetero) is 1. The summed E-state index contributed by atoms with van der Waals surface area (Å²) in [5.41, 5.74) is 3.73. The molecule has 5 heteroatoms. The van der Waals surface area contributed by atoms with Gasteiger partial charge in [-0.15, -0.1) is 11.3 Å². The summed E-state index contributed by atoms with van der Waals surface area (Å²) in [6.07, 6.45) is 1.46. The number of hydrogen-bond acceptors (Lipinski definition) is 3. The SMILES string of the molecule is O=C1C[C@H]1c1ccc(C2c3ccsc3CCN2C(=O)c2ccc(F)cc2)cc1. The Hall–Kier alpha value is -2.79. The zero-order valence-electron chi connectivity index (χ0n) is 15.1. The molecule has 0 N–H and O–H groups in total. The van der Waals surface area contributed by atoms with Gasteiger partial charge in [-0.05, 0) is 58.8 Å². The molecule has 1 aliphatic heterocycles. The standard InChI is InChI=1S/C23H18FNO2S/c24-17-7-5-16(6-8-17)23(27)25-11-9-21-18(10-12-28-21)22(25)15-3-1-14(2-4-15)19-13-20(19)26/h1-8,10,12,19,22H,9,11,13H2/t19-,22?/m0/s1. The summed E-state index contributed by atoms with van der Waals surface area (Å²) in [6, 6.07) is 15.7. The third-order valence-corrected chi connectivity index (χ3v) is 6.60. The Bertz CT molecular complexity index is 1050. The smallest absolute Gasteiger partial charge is 0.254 e. The number of ketones is 1. The van der Waals surface area contributed by atoms with E-state index >= 15 is 0 Å². The van der Waals surface area contributed by atoms with Crippen LogP contribution in [-0.4, -0.2) is 23.1 Å². The van der Waals surface area contributed by atoms with Gasteiger partial charge >= 0.3 is 0 Å². The number of rotatable bonds is 3. The lowest BCUT2D eigenvalue weighted by atomic mass is 9.91. The van der Waals surface area contributed by atoms with Crippen molar-refractivity contribution in [3.8, 4) is 0 Å². The molecule has 1 aromatic heterocycles. The molecule has 28 heavy (non-hydrogen) atoms. The van der Waals surface area contributed by atoms with Crippen LogP contribution in [0.15, 0.2) is 60.0 Å². The lowest BCUT2D eigenvalue weighted by molar-refractivity contribution is -0.110. The fourth-order valence-corrected chi connectivity index (χ4v) is 4.91. The van der Waals surface area contributed by atoms with Crippen LogP contribution >= 0.6 is 11.3 Å². The van der Waals surface area contributed by atoms with Crippen molar-refractivity contribution in [2.45, 2.75) is 24.8 Å². The Labute approximate surface area is 166 Å². The highest BCUT2D eigenvalue weighted by Crippen LogP contribution is 2.40. The summed E-state index contributed by atoms with van der Waals surface area (Å²) < 4.78 is 13.3. The molecular formula is C23H18FNO2S. The first-order valence-corrected chi connectivity index (χ1v) is 10.2. The Kier molecular flexibility index (Phi) is 4.13. The van der Waals surface area contributed by atoms with Crippen LogP contribution in [0.1, 0.15) is 50.3 Å². The quantitative estimate of drug-likeness (QED) is 0.647. The van der Waals surface area contributed by atoms with Gasteiger partial charge in [-0.3, -0.25) is 9.59 Å². The van der Waals surface area contributed by atoms with Crippen LogP contribution < -0.4 is 0 Å². The molecule has 1 fully saturated rings. The van der Waals surface area contributed by atoms with Gasteiger partial charge in [0.1, 0.15) is 11.6 Å². The molecule has 0 spiro atoms. The lowest BCUT2D eigenvalue weighted by Crippen LogP contribution is -2.40. The van der Waals surface area contributed by atoms with E-state index in [-0.39, 0.29) is 23.7 Å². The van der Waals surface area contributed by atoms with Gasteiger partial charge in [0.05, 0.1) is 6.04 Å². The normalized spacial score (nSPS) is 20.8. The molecular weight excluding hydrogens is 373 g/mol. The first-order valence-electron chi connectivity index (χ1n) is 9.37. The van der Waals surface area contributed by atoms with Crippen LogP contribution in [0.25, 0.3) is 0 Å². The second kappa shape index (κ2) is 6.67. The van der Waals surface area contributed by atoms with Gasteiger partial charge in [-0.2, -0.15) is 0 Å². The average Bonchev–Trinajstić information content (AvgIpc) is 3.25. The van der Waals surface area contributed by atoms with E-state index in [1.54, 1.807) is 23.5 Å². The molecule has 0 saturated heterocycles. The number of benzene rings is 2. The molecule has 2 aliphatic rings. The van der Waals surface area contributed by atoms with Crippen molar-refractivity contribution in [2.75, 3.05) is 6.54 Å². The zero-order valence-corrected chi connectivity index (χ0v) is 15.9. The van der Waals surface area contributed by atoms with Crippen LogP contribution in [0.2, 0.25) is 0 Å². The predicted molar refractivity (Wildman–Crippen MR) is 106 cm³/mol. The molecule has 2 atom stereocenters. The first-order chi connectivity index (χ1) is 13.6. The second-order valence-electron chi connectivity index (χ2n) is 7.35.